The van der Waals surface area contributed by atoms with Crippen LogP contribution in [0.3, 0.4) is 0 Å². The van der Waals surface area contributed by atoms with E-state index in [0.717, 1.165) is 33.9 Å². The van der Waals surface area contributed by atoms with Crippen LogP contribution in [-0.4, -0.2) is 199 Å². The number of fused-ring (bicyclic) bond motifs is 2. The molecule has 0 aliphatic carbocycles. The van der Waals surface area contributed by atoms with Gasteiger partial charge in [0, 0.05) is 83.2 Å². The van der Waals surface area contributed by atoms with Crippen molar-refractivity contribution in [2.75, 3.05) is 55.8 Å². The molecule has 8 atom stereocenters. The molecule has 0 spiro atoms. The van der Waals surface area contributed by atoms with Gasteiger partial charge in [-0.1, -0.05) is 44.2 Å². The number of amides is 2. The van der Waals surface area contributed by atoms with E-state index in [1.807, 2.05) is 49.3 Å². The molecule has 2 aliphatic heterocycles. The average Bonchev–Trinajstić information content (AvgIpc) is 3.68. The Hall–Kier alpha value is -3.77. The largest absolute Gasteiger partial charge is 1.00 e. The van der Waals surface area contributed by atoms with Crippen LogP contribution < -0.4 is 45.1 Å². The monoisotopic (exact) mass is 1090 g/mol. The van der Waals surface area contributed by atoms with Gasteiger partial charge in [0.05, 0.1) is 51.1 Å². The van der Waals surface area contributed by atoms with Crippen molar-refractivity contribution in [2.45, 2.75) is 113 Å². The van der Waals surface area contributed by atoms with Crippen LogP contribution in [-0.2, 0) is 31.1 Å². The average molecular weight is 1090 g/mol. The Balaban J connectivity index is 0.0000144. The van der Waals surface area contributed by atoms with Gasteiger partial charge in [-0.3, -0.25) is 9.59 Å². The van der Waals surface area contributed by atoms with Gasteiger partial charge in [0.25, 0.3) is 11.8 Å². The maximum Gasteiger partial charge on any atom is 1.00 e. The second-order valence-corrected chi connectivity index (χ2v) is 22.1. The number of carbonyl (C=O) groups is 2. The minimum Gasteiger partial charge on any atom is -0.748 e. The first-order valence-corrected chi connectivity index (χ1v) is 26.8. The van der Waals surface area contributed by atoms with Gasteiger partial charge in [0.1, 0.15) is 43.2 Å². The predicted octanol–water partition coefficient (Wildman–Crippen LogP) is -4.60. The molecular weight excluding hydrogens is 1020 g/mol. The van der Waals surface area contributed by atoms with Crippen LogP contribution in [0.4, 0.5) is 11.4 Å². The van der Waals surface area contributed by atoms with E-state index in [1.54, 1.807) is 66.8 Å². The standard InChI is InChI=1S/C49H70N4O18S2.Na/c1-48(2)32-24-30(46(64)50-26-36(56)42(60)44(62)38(58)28-54)16-18-34(32)52(20-10-12-22-72(66,67)68)40(48)14-8-6-5-7-9-15-41-49(3,4)33-25-31(17-19-35(33)53(41)21-11-13-23-73(69,70)71)47(65)51-27-37(57)43(61)45(63)39(59)29-55;/h5-9,14-19,24-25,36-39,42-45,54-63H,10-13,20-23,26-29H2,1-4H3,(H3-,50,51,64,65,66,67,68,69,70,71);/q;+1/p-1/t36-,37?,38?,39+,42+,43?,44+,45?;/m1./s1. The third-order valence-corrected chi connectivity index (χ3v) is 14.5. The van der Waals surface area contributed by atoms with Crippen LogP contribution in [0.5, 0.6) is 0 Å². The van der Waals surface area contributed by atoms with Crippen molar-refractivity contribution in [3.05, 3.63) is 107 Å². The van der Waals surface area contributed by atoms with Gasteiger partial charge in [0.2, 0.25) is 5.69 Å². The number of hydrogen-bond acceptors (Lipinski definition) is 19. The number of hydrogen-bond donors (Lipinski definition) is 12. The molecule has 4 rings (SSSR count). The number of anilines is 1. The Morgan fingerprint density at radius 2 is 1.09 bits per heavy atom. The molecule has 0 saturated heterocycles. The number of nitrogens with one attached hydrogen (secondary N) is 2. The summed E-state index contributed by atoms with van der Waals surface area (Å²) in [4.78, 5) is 28.5. The summed E-state index contributed by atoms with van der Waals surface area (Å²) in [5.41, 5.74) is 3.38. The quantitative estimate of drug-likeness (QED) is 0.0125. The topological polar surface area (TPSA) is 381 Å². The van der Waals surface area contributed by atoms with Gasteiger partial charge in [-0.25, -0.2) is 16.8 Å². The summed E-state index contributed by atoms with van der Waals surface area (Å²) in [7, 11) is -8.89. The van der Waals surface area contributed by atoms with Crippen molar-refractivity contribution in [3.63, 3.8) is 0 Å². The number of aliphatic hydroxyl groups excluding tert-OH is 10. The molecule has 74 heavy (non-hydrogen) atoms. The number of nitrogens with zero attached hydrogens (tertiary/aromatic N) is 2. The van der Waals surface area contributed by atoms with E-state index < -0.39 is 130 Å². The summed E-state index contributed by atoms with van der Waals surface area (Å²) in [6, 6.07) is 9.84. The Kier molecular flexibility index (Phi) is 24.4. The molecule has 0 bridgehead atoms. The van der Waals surface area contributed by atoms with Crippen molar-refractivity contribution >= 4 is 49.1 Å². The predicted molar refractivity (Wildman–Crippen MR) is 266 cm³/mol. The van der Waals surface area contributed by atoms with Crippen molar-refractivity contribution in [1.29, 1.82) is 0 Å². The summed E-state index contributed by atoms with van der Waals surface area (Å²) in [5.74, 6) is -2.32. The summed E-state index contributed by atoms with van der Waals surface area (Å²) >= 11 is 0. The van der Waals surface area contributed by atoms with Crippen LogP contribution in [0, 0.1) is 0 Å². The Labute approximate surface area is 453 Å². The van der Waals surface area contributed by atoms with E-state index in [0.29, 0.717) is 25.9 Å². The summed E-state index contributed by atoms with van der Waals surface area (Å²) in [6.45, 7) is 5.64. The number of rotatable bonds is 28. The molecule has 0 radical (unpaired) electrons. The fraction of sp³-hybridized carbons (Fsp3) is 0.531. The molecule has 0 saturated carbocycles. The van der Waals surface area contributed by atoms with E-state index >= 15 is 0 Å². The SMILES string of the molecule is CC1(C)C(/C=C/C=C/C=C/C=C2/N(CCCCS(=O)(=O)[O-])c3ccc(C(=O)NCC(O)C(O)C(O)[C@@H](O)CO)cc3C2(C)C)=[N+](CCCCS(=O)(=O)[O-])c2ccc(C(=O)NC[C@@H](O)[C@H](O)[C@@H](O)C(O)CO)cc21.[Na+]. The molecule has 2 heterocycles. The summed E-state index contributed by atoms with van der Waals surface area (Å²) in [6.07, 6.45) is -0.822. The zero-order chi connectivity index (χ0) is 54.6. The molecule has 406 valence electrons. The number of unbranched alkanes of at least 4 members (excludes halogenated alkanes) is 2. The molecule has 22 nitrogen and oxygen atoms in total. The number of aliphatic hydroxyl groups is 10. The zero-order valence-corrected chi connectivity index (χ0v) is 45.7. The fourth-order valence-corrected chi connectivity index (χ4v) is 9.78. The third-order valence-electron chi connectivity index (χ3n) is 12.9. The molecule has 0 fully saturated rings. The molecule has 2 amide bonds. The van der Waals surface area contributed by atoms with Gasteiger partial charge >= 0.3 is 29.6 Å². The van der Waals surface area contributed by atoms with Gasteiger partial charge in [-0.2, -0.15) is 4.58 Å². The van der Waals surface area contributed by atoms with Gasteiger partial charge in [-0.15, -0.1) is 0 Å². The van der Waals surface area contributed by atoms with Crippen LogP contribution in [0.2, 0.25) is 0 Å². The number of benzene rings is 2. The van der Waals surface area contributed by atoms with Crippen molar-refractivity contribution in [1.82, 2.24) is 10.6 Å². The number of carbonyl (C=O) groups excluding carboxylic acids is 2. The van der Waals surface area contributed by atoms with E-state index in [-0.39, 0.29) is 53.5 Å². The summed E-state index contributed by atoms with van der Waals surface area (Å²) in [5, 5.41) is 103. The Bertz CT molecular complexity index is 2640. The van der Waals surface area contributed by atoms with Gasteiger partial charge < -0.3 is 75.7 Å². The van der Waals surface area contributed by atoms with Gasteiger partial charge in [-0.05, 0) is 75.1 Å². The molecule has 2 aromatic rings. The Morgan fingerprint density at radius 3 is 1.61 bits per heavy atom. The van der Waals surface area contributed by atoms with Crippen molar-refractivity contribution in [2.24, 2.45) is 0 Å². The fourth-order valence-electron chi connectivity index (χ4n) is 8.67. The third kappa shape index (κ3) is 17.1. The maximum atomic E-state index is 13.3. The van der Waals surface area contributed by atoms with Crippen LogP contribution in [0.15, 0.2) is 84.6 Å². The second-order valence-electron chi connectivity index (χ2n) is 19.0. The van der Waals surface area contributed by atoms with Gasteiger partial charge in [0.15, 0.2) is 5.71 Å². The zero-order valence-electron chi connectivity index (χ0n) is 42.1. The number of allylic oxidation sites excluding steroid dienone is 8. The van der Waals surface area contributed by atoms with Crippen LogP contribution >= 0.6 is 0 Å². The summed E-state index contributed by atoms with van der Waals surface area (Å²) < 4.78 is 70.1. The minimum absolute atomic E-state index is 0. The smallest absolute Gasteiger partial charge is 0.748 e. The molecule has 2 aromatic carbocycles. The van der Waals surface area contributed by atoms with Crippen LogP contribution in [0.1, 0.15) is 85.2 Å². The minimum atomic E-state index is -4.44. The molecule has 12 N–H and O–H groups in total. The van der Waals surface area contributed by atoms with E-state index in [4.69, 9.17) is 10.2 Å². The second kappa shape index (κ2) is 28.0. The Morgan fingerprint density at radius 1 is 0.635 bits per heavy atom. The van der Waals surface area contributed by atoms with E-state index in [2.05, 4.69) is 10.6 Å². The maximum absolute atomic E-state index is 13.3. The van der Waals surface area contributed by atoms with E-state index in [9.17, 15) is 76.4 Å². The first-order chi connectivity index (χ1) is 34.1. The first-order valence-electron chi connectivity index (χ1n) is 23.6. The van der Waals surface area contributed by atoms with Crippen molar-refractivity contribution < 1.29 is 121 Å². The molecule has 0 aromatic heterocycles. The first kappa shape index (κ1) is 64.5. The van der Waals surface area contributed by atoms with Crippen LogP contribution in [0.25, 0.3) is 0 Å². The van der Waals surface area contributed by atoms with Crippen molar-refractivity contribution in [3.8, 4) is 0 Å². The molecule has 4 unspecified atom stereocenters. The molecular formula is C49H69N4NaO18S2. The molecule has 25 heteroatoms. The normalized spacial score (nSPS) is 19.2. The molecule has 2 aliphatic rings. The van der Waals surface area contributed by atoms with E-state index in [1.165, 1.54) is 0 Å².